The minimum absolute atomic E-state index is 0.764. The van der Waals surface area contributed by atoms with E-state index in [-0.39, 0.29) is 0 Å². The van der Waals surface area contributed by atoms with Crippen LogP contribution in [-0.4, -0.2) is 37.2 Å². The zero-order valence-corrected chi connectivity index (χ0v) is 17.3. The summed E-state index contributed by atoms with van der Waals surface area (Å²) in [6.07, 6.45) is 7.44. The monoisotopic (exact) mass is 407 g/mol. The van der Waals surface area contributed by atoms with E-state index in [4.69, 9.17) is 4.98 Å². The molecule has 0 amide bonds. The molecule has 152 valence electrons. The van der Waals surface area contributed by atoms with Crippen LogP contribution in [-0.2, 0) is 6.54 Å². The van der Waals surface area contributed by atoms with E-state index in [1.165, 1.54) is 0 Å². The number of nitrogens with one attached hydrogen (secondary N) is 2. The summed E-state index contributed by atoms with van der Waals surface area (Å²) in [5.41, 5.74) is 9.04. The molecule has 5 aromatic heterocycles. The summed E-state index contributed by atoms with van der Waals surface area (Å²) in [7, 11) is 1.92. The van der Waals surface area contributed by atoms with Gasteiger partial charge >= 0.3 is 0 Å². The lowest BCUT2D eigenvalue weighted by Gasteiger charge is -2.07. The fourth-order valence-corrected chi connectivity index (χ4v) is 3.62. The van der Waals surface area contributed by atoms with Gasteiger partial charge in [-0.2, -0.15) is 5.10 Å². The smallest absolute Gasteiger partial charge is 0.120 e. The van der Waals surface area contributed by atoms with E-state index in [0.717, 1.165) is 62.6 Å². The minimum atomic E-state index is 0.764. The number of aromatic nitrogens is 6. The number of aryl methyl sites for hydroxylation is 1. The van der Waals surface area contributed by atoms with Crippen LogP contribution in [0.25, 0.3) is 44.8 Å². The van der Waals surface area contributed by atoms with E-state index in [0.29, 0.717) is 0 Å². The molecule has 0 saturated carbocycles. The maximum atomic E-state index is 4.89. The third-order valence-corrected chi connectivity index (χ3v) is 5.09. The SMILES string of the molecule is CNCc1cncc(-c2cnc3ccc(-c4c[nH]nc4-c4cccc(C)n4)nc3c2)c1. The molecule has 31 heavy (non-hydrogen) atoms. The Labute approximate surface area is 179 Å². The molecule has 0 aliphatic rings. The number of hydrogen-bond donors (Lipinski definition) is 2. The van der Waals surface area contributed by atoms with Gasteiger partial charge in [-0.25, -0.2) is 4.98 Å². The van der Waals surface area contributed by atoms with Gasteiger partial charge < -0.3 is 5.32 Å². The molecule has 2 N–H and O–H groups in total. The summed E-state index contributed by atoms with van der Waals surface area (Å²) in [6.45, 7) is 2.73. The van der Waals surface area contributed by atoms with Crippen LogP contribution in [0.2, 0.25) is 0 Å². The Morgan fingerprint density at radius 2 is 1.81 bits per heavy atom. The highest BCUT2D eigenvalue weighted by Gasteiger charge is 2.14. The number of nitrogens with zero attached hydrogens (tertiary/aromatic N) is 5. The Morgan fingerprint density at radius 3 is 2.68 bits per heavy atom. The van der Waals surface area contributed by atoms with Crippen LogP contribution in [0.3, 0.4) is 0 Å². The van der Waals surface area contributed by atoms with E-state index >= 15 is 0 Å². The van der Waals surface area contributed by atoms with Gasteiger partial charge in [0.05, 0.1) is 22.4 Å². The fourth-order valence-electron chi connectivity index (χ4n) is 3.62. The highest BCUT2D eigenvalue weighted by molar-refractivity contribution is 5.85. The number of pyridine rings is 4. The molecule has 0 aromatic carbocycles. The second-order valence-corrected chi connectivity index (χ2v) is 7.38. The average molecular weight is 407 g/mol. The lowest BCUT2D eigenvalue weighted by Crippen LogP contribution is -2.05. The standard InChI is InChI=1S/C24H21N7/c1-15-4-3-5-22(29-15)24-19(14-28-31-24)20-6-7-21-23(30-20)9-18(13-27-21)17-8-16(10-25-2)11-26-12-17/h3-9,11-14,25H,10H2,1-2H3,(H,28,31). The molecule has 0 spiro atoms. The lowest BCUT2D eigenvalue weighted by molar-refractivity contribution is 0.813. The maximum absolute atomic E-state index is 4.89. The molecule has 5 heterocycles. The molecule has 7 heteroatoms. The van der Waals surface area contributed by atoms with Crippen molar-refractivity contribution in [1.29, 1.82) is 0 Å². The van der Waals surface area contributed by atoms with E-state index in [9.17, 15) is 0 Å². The Bertz CT molecular complexity index is 1370. The molecule has 0 aliphatic heterocycles. The van der Waals surface area contributed by atoms with Crippen molar-refractivity contribution in [3.8, 4) is 33.8 Å². The third-order valence-electron chi connectivity index (χ3n) is 5.09. The Balaban J connectivity index is 1.57. The van der Waals surface area contributed by atoms with Gasteiger partial charge in [-0.05, 0) is 55.9 Å². The molecule has 0 aliphatic carbocycles. The van der Waals surface area contributed by atoms with Crippen LogP contribution < -0.4 is 5.32 Å². The van der Waals surface area contributed by atoms with E-state index in [1.807, 2.05) is 69.1 Å². The fraction of sp³-hybridized carbons (Fsp3) is 0.125. The topological polar surface area (TPSA) is 92.3 Å². The molecular weight excluding hydrogens is 386 g/mol. The van der Waals surface area contributed by atoms with Crippen LogP contribution in [0.4, 0.5) is 0 Å². The second kappa shape index (κ2) is 8.04. The van der Waals surface area contributed by atoms with E-state index in [1.54, 1.807) is 0 Å². The molecule has 0 unspecified atom stereocenters. The molecular formula is C24H21N7. The summed E-state index contributed by atoms with van der Waals surface area (Å²) in [6, 6.07) is 14.0. The molecule has 0 saturated heterocycles. The molecule has 7 nitrogen and oxygen atoms in total. The number of hydrogen-bond acceptors (Lipinski definition) is 6. The molecule has 5 rings (SSSR count). The molecule has 0 atom stereocenters. The molecule has 0 radical (unpaired) electrons. The first-order chi connectivity index (χ1) is 15.2. The third kappa shape index (κ3) is 3.78. The van der Waals surface area contributed by atoms with Gasteiger partial charge in [0.15, 0.2) is 0 Å². The summed E-state index contributed by atoms with van der Waals surface area (Å²) in [5.74, 6) is 0. The quantitative estimate of drug-likeness (QED) is 0.454. The normalized spacial score (nSPS) is 11.2. The summed E-state index contributed by atoms with van der Waals surface area (Å²) in [5, 5.41) is 10.5. The van der Waals surface area contributed by atoms with Crippen molar-refractivity contribution in [1.82, 2.24) is 35.5 Å². The Kier molecular flexibility index (Phi) is 4.93. The highest BCUT2D eigenvalue weighted by Crippen LogP contribution is 2.30. The molecule has 0 bridgehead atoms. The second-order valence-electron chi connectivity index (χ2n) is 7.38. The van der Waals surface area contributed by atoms with Crippen LogP contribution in [0, 0.1) is 6.92 Å². The number of fused-ring (bicyclic) bond motifs is 1. The minimum Gasteiger partial charge on any atom is -0.316 e. The zero-order valence-electron chi connectivity index (χ0n) is 17.3. The van der Waals surface area contributed by atoms with Gasteiger partial charge in [-0.3, -0.25) is 20.1 Å². The predicted molar refractivity (Wildman–Crippen MR) is 121 cm³/mol. The average Bonchev–Trinajstić information content (AvgIpc) is 3.29. The van der Waals surface area contributed by atoms with Gasteiger partial charge in [0.25, 0.3) is 0 Å². The van der Waals surface area contributed by atoms with Crippen molar-refractivity contribution in [2.24, 2.45) is 0 Å². The van der Waals surface area contributed by atoms with Gasteiger partial charge in [0, 0.05) is 53.7 Å². The van der Waals surface area contributed by atoms with E-state index < -0.39 is 0 Å². The van der Waals surface area contributed by atoms with Crippen LogP contribution >= 0.6 is 0 Å². The first kappa shape index (κ1) is 19.0. The Morgan fingerprint density at radius 1 is 0.903 bits per heavy atom. The molecule has 0 fully saturated rings. The van der Waals surface area contributed by atoms with Crippen LogP contribution in [0.5, 0.6) is 0 Å². The van der Waals surface area contributed by atoms with Crippen molar-refractivity contribution in [2.45, 2.75) is 13.5 Å². The van der Waals surface area contributed by atoms with Gasteiger partial charge in [-0.1, -0.05) is 6.07 Å². The van der Waals surface area contributed by atoms with Crippen LogP contribution in [0.15, 0.2) is 67.3 Å². The van der Waals surface area contributed by atoms with Crippen LogP contribution in [0.1, 0.15) is 11.3 Å². The van der Waals surface area contributed by atoms with Gasteiger partial charge in [0.1, 0.15) is 5.69 Å². The van der Waals surface area contributed by atoms with Crippen molar-refractivity contribution < 1.29 is 0 Å². The first-order valence-electron chi connectivity index (χ1n) is 10.0. The summed E-state index contributed by atoms with van der Waals surface area (Å²) in [4.78, 5) is 18.5. The number of H-pyrrole nitrogens is 1. The predicted octanol–water partition coefficient (Wildman–Crippen LogP) is 4.17. The zero-order chi connectivity index (χ0) is 21.2. The van der Waals surface area contributed by atoms with Crippen molar-refractivity contribution in [3.05, 3.63) is 78.5 Å². The number of aromatic amines is 1. The Hall–Kier alpha value is -3.97. The van der Waals surface area contributed by atoms with Gasteiger partial charge in [0.2, 0.25) is 0 Å². The summed E-state index contributed by atoms with van der Waals surface area (Å²) < 4.78 is 0. The van der Waals surface area contributed by atoms with Crippen molar-refractivity contribution >= 4 is 11.0 Å². The highest BCUT2D eigenvalue weighted by atomic mass is 15.1. The van der Waals surface area contributed by atoms with Gasteiger partial charge in [-0.15, -0.1) is 0 Å². The largest absolute Gasteiger partial charge is 0.316 e. The number of rotatable bonds is 5. The van der Waals surface area contributed by atoms with E-state index in [2.05, 4.69) is 42.6 Å². The first-order valence-corrected chi connectivity index (χ1v) is 10.0. The summed E-state index contributed by atoms with van der Waals surface area (Å²) >= 11 is 0. The lowest BCUT2D eigenvalue weighted by atomic mass is 10.1. The van der Waals surface area contributed by atoms with Crippen molar-refractivity contribution in [3.63, 3.8) is 0 Å². The van der Waals surface area contributed by atoms with Crippen molar-refractivity contribution in [2.75, 3.05) is 7.05 Å². The molecule has 5 aromatic rings. The maximum Gasteiger partial charge on any atom is 0.120 e.